The molecule has 5 heteroatoms. The van der Waals surface area contributed by atoms with Gasteiger partial charge in [0.25, 0.3) is 0 Å². The van der Waals surface area contributed by atoms with Gasteiger partial charge in [-0.15, -0.1) is 0 Å². The Morgan fingerprint density at radius 2 is 1.88 bits per heavy atom. The summed E-state index contributed by atoms with van der Waals surface area (Å²) in [4.78, 5) is 0. The Morgan fingerprint density at radius 1 is 1.04 bits per heavy atom. The molecule has 4 rings (SSSR count). The van der Waals surface area contributed by atoms with Gasteiger partial charge in [-0.05, 0) is 37.1 Å². The molecule has 2 aliphatic rings. The van der Waals surface area contributed by atoms with Crippen molar-refractivity contribution in [3.8, 4) is 17.2 Å². The van der Waals surface area contributed by atoms with Crippen LogP contribution < -0.4 is 9.47 Å². The van der Waals surface area contributed by atoms with E-state index in [4.69, 9.17) is 30.5 Å². The predicted octanol–water partition coefficient (Wildman–Crippen LogP) is 5.14. The Balaban J connectivity index is 1.34. The van der Waals surface area contributed by atoms with E-state index in [2.05, 4.69) is 0 Å². The Bertz CT molecular complexity index is 740. The van der Waals surface area contributed by atoms with Gasteiger partial charge in [-0.3, -0.25) is 0 Å². The summed E-state index contributed by atoms with van der Waals surface area (Å²) in [5, 5.41) is 0.488. The number of benzene rings is 2. The average Bonchev–Trinajstić information content (AvgIpc) is 3.34. The second kappa shape index (κ2) is 6.65. The molecule has 4 nitrogen and oxygen atoms in total. The third-order valence-corrected chi connectivity index (χ3v) is 4.16. The summed E-state index contributed by atoms with van der Waals surface area (Å²) in [5.41, 5.74) is 0. The third kappa shape index (κ3) is 3.60. The van der Waals surface area contributed by atoms with Gasteiger partial charge in [0.1, 0.15) is 30.1 Å². The fourth-order valence-electron chi connectivity index (χ4n) is 2.43. The van der Waals surface area contributed by atoms with Crippen LogP contribution in [0.2, 0.25) is 5.02 Å². The van der Waals surface area contributed by atoms with E-state index in [1.807, 2.05) is 36.4 Å². The van der Waals surface area contributed by atoms with E-state index in [9.17, 15) is 0 Å². The molecule has 2 aromatic carbocycles. The molecule has 0 N–H and O–H groups in total. The molecule has 1 unspecified atom stereocenters. The number of rotatable bonds is 6. The van der Waals surface area contributed by atoms with E-state index in [1.54, 1.807) is 18.4 Å². The van der Waals surface area contributed by atoms with E-state index in [1.165, 1.54) is 12.8 Å². The summed E-state index contributed by atoms with van der Waals surface area (Å²) in [7, 11) is 0. The summed E-state index contributed by atoms with van der Waals surface area (Å²) in [6.07, 6.45) is 3.83. The first kappa shape index (κ1) is 15.2. The topological polar surface area (TPSA) is 36.9 Å². The largest absolute Gasteiger partial charge is 0.484 e. The maximum Gasteiger partial charge on any atom is 0.243 e. The zero-order valence-electron chi connectivity index (χ0n) is 13.0. The van der Waals surface area contributed by atoms with Crippen LogP contribution in [0.3, 0.4) is 0 Å². The molecule has 1 aliphatic carbocycles. The first-order chi connectivity index (χ1) is 11.8. The molecule has 2 aromatic rings. The molecule has 0 radical (unpaired) electrons. The number of hydrogen-bond donors (Lipinski definition) is 0. The maximum atomic E-state index is 6.27. The normalized spacial score (nSPS) is 19.2. The molecular weight excluding hydrogens is 328 g/mol. The van der Waals surface area contributed by atoms with Crippen molar-refractivity contribution >= 4 is 11.6 Å². The molecule has 24 heavy (non-hydrogen) atoms. The van der Waals surface area contributed by atoms with Crippen LogP contribution in [-0.2, 0) is 9.47 Å². The van der Waals surface area contributed by atoms with Gasteiger partial charge in [-0.1, -0.05) is 29.8 Å². The number of halogens is 1. The van der Waals surface area contributed by atoms with Crippen LogP contribution in [0, 0.1) is 5.92 Å². The van der Waals surface area contributed by atoms with Gasteiger partial charge in [0.2, 0.25) is 6.29 Å². The van der Waals surface area contributed by atoms with Crippen molar-refractivity contribution in [2.75, 3.05) is 6.61 Å². The van der Waals surface area contributed by atoms with Gasteiger partial charge in [0.05, 0.1) is 5.02 Å². The Kier molecular flexibility index (Phi) is 4.22. The summed E-state index contributed by atoms with van der Waals surface area (Å²) in [6, 6.07) is 14.9. The number of para-hydroxylation sites is 1. The third-order valence-electron chi connectivity index (χ3n) is 3.86. The van der Waals surface area contributed by atoms with E-state index >= 15 is 0 Å². The van der Waals surface area contributed by atoms with Crippen molar-refractivity contribution in [2.45, 2.75) is 19.1 Å². The van der Waals surface area contributed by atoms with Gasteiger partial charge in [-0.2, -0.15) is 0 Å². The van der Waals surface area contributed by atoms with Gasteiger partial charge in [0, 0.05) is 12.0 Å². The lowest BCUT2D eigenvalue weighted by Crippen LogP contribution is -2.12. The monoisotopic (exact) mass is 344 g/mol. The maximum absolute atomic E-state index is 6.27. The highest BCUT2D eigenvalue weighted by molar-refractivity contribution is 6.32. The lowest BCUT2D eigenvalue weighted by atomic mass is 10.3. The first-order valence-electron chi connectivity index (χ1n) is 7.94. The minimum absolute atomic E-state index is 0.138. The summed E-state index contributed by atoms with van der Waals surface area (Å²) < 4.78 is 22.6. The molecule has 0 saturated heterocycles. The molecule has 124 valence electrons. The van der Waals surface area contributed by atoms with Crippen LogP contribution in [0.4, 0.5) is 0 Å². The van der Waals surface area contributed by atoms with Crippen molar-refractivity contribution in [1.82, 2.24) is 0 Å². The molecular formula is C19H17ClO4. The van der Waals surface area contributed by atoms with Gasteiger partial charge in [0.15, 0.2) is 5.76 Å². The zero-order valence-corrected chi connectivity index (χ0v) is 13.7. The number of hydrogen-bond acceptors (Lipinski definition) is 4. The van der Waals surface area contributed by atoms with Crippen molar-refractivity contribution in [1.29, 1.82) is 0 Å². The van der Waals surface area contributed by atoms with Crippen LogP contribution in [-0.4, -0.2) is 12.9 Å². The minimum atomic E-state index is -0.138. The second-order valence-electron chi connectivity index (χ2n) is 5.84. The van der Waals surface area contributed by atoms with Crippen LogP contribution in [0.5, 0.6) is 17.2 Å². The summed E-state index contributed by atoms with van der Waals surface area (Å²) in [6.45, 7) is 0.293. The summed E-state index contributed by atoms with van der Waals surface area (Å²) >= 11 is 6.27. The molecule has 0 amide bonds. The lowest BCUT2D eigenvalue weighted by molar-refractivity contribution is -0.0515. The Morgan fingerprint density at radius 3 is 2.62 bits per heavy atom. The van der Waals surface area contributed by atoms with Crippen molar-refractivity contribution in [2.24, 2.45) is 5.92 Å². The second-order valence-corrected chi connectivity index (χ2v) is 6.25. The minimum Gasteiger partial charge on any atom is -0.484 e. The van der Waals surface area contributed by atoms with Gasteiger partial charge in [-0.25, -0.2) is 0 Å². The van der Waals surface area contributed by atoms with E-state index in [0.717, 1.165) is 5.75 Å². The highest BCUT2D eigenvalue weighted by atomic mass is 35.5. The van der Waals surface area contributed by atoms with Gasteiger partial charge < -0.3 is 18.9 Å². The smallest absolute Gasteiger partial charge is 0.243 e. The Hall–Kier alpha value is -2.33. The lowest BCUT2D eigenvalue weighted by Gasteiger charge is -2.12. The van der Waals surface area contributed by atoms with Crippen LogP contribution in [0.15, 0.2) is 60.6 Å². The molecule has 0 spiro atoms. The van der Waals surface area contributed by atoms with Gasteiger partial charge >= 0.3 is 0 Å². The van der Waals surface area contributed by atoms with E-state index < -0.39 is 0 Å². The first-order valence-corrected chi connectivity index (χ1v) is 8.32. The molecule has 1 aliphatic heterocycles. The average molecular weight is 345 g/mol. The SMILES string of the molecule is Clc1cc(Oc2ccccc2)ccc1OCC1=COC(C2CC2)O1. The Labute approximate surface area is 145 Å². The molecule has 1 fully saturated rings. The molecule has 0 bridgehead atoms. The quantitative estimate of drug-likeness (QED) is 0.727. The molecule has 1 heterocycles. The van der Waals surface area contributed by atoms with Crippen molar-refractivity contribution < 1.29 is 18.9 Å². The standard InChI is InChI=1S/C19H17ClO4/c20-17-10-15(23-14-4-2-1-3-5-14)8-9-18(17)21-11-16-12-22-19(24-16)13-6-7-13/h1-5,8-10,12-13,19H,6-7,11H2. The summed E-state index contributed by atoms with van der Waals surface area (Å²) in [5.74, 6) is 3.21. The fourth-order valence-corrected chi connectivity index (χ4v) is 2.65. The van der Waals surface area contributed by atoms with Crippen LogP contribution in [0.1, 0.15) is 12.8 Å². The fraction of sp³-hybridized carbons (Fsp3) is 0.263. The highest BCUT2D eigenvalue weighted by Crippen LogP contribution is 2.38. The van der Waals surface area contributed by atoms with E-state index in [-0.39, 0.29) is 6.29 Å². The van der Waals surface area contributed by atoms with Crippen LogP contribution >= 0.6 is 11.6 Å². The molecule has 0 aromatic heterocycles. The highest BCUT2D eigenvalue weighted by Gasteiger charge is 2.37. The molecule has 1 saturated carbocycles. The molecule has 1 atom stereocenters. The van der Waals surface area contributed by atoms with Crippen molar-refractivity contribution in [3.05, 3.63) is 65.6 Å². The van der Waals surface area contributed by atoms with Crippen LogP contribution in [0.25, 0.3) is 0 Å². The number of ether oxygens (including phenoxy) is 4. The van der Waals surface area contributed by atoms with Crippen molar-refractivity contribution in [3.63, 3.8) is 0 Å². The zero-order chi connectivity index (χ0) is 16.4. The van der Waals surface area contributed by atoms with E-state index in [0.29, 0.717) is 34.8 Å². The predicted molar refractivity (Wildman–Crippen MR) is 90.2 cm³/mol.